The van der Waals surface area contributed by atoms with Crippen molar-refractivity contribution in [1.29, 1.82) is 0 Å². The fourth-order valence-electron chi connectivity index (χ4n) is 7.61. The highest BCUT2D eigenvalue weighted by Crippen LogP contribution is 2.52. The zero-order valence-corrected chi connectivity index (χ0v) is 26.3. The highest BCUT2D eigenvalue weighted by molar-refractivity contribution is 5.47. The van der Waals surface area contributed by atoms with Crippen LogP contribution in [-0.4, -0.2) is 66.0 Å². The lowest BCUT2D eigenvalue weighted by atomic mass is 9.66. The minimum absolute atomic E-state index is 0.192. The maximum atomic E-state index is 12.4. The summed E-state index contributed by atoms with van der Waals surface area (Å²) in [7, 11) is 0. The molecule has 0 aromatic heterocycles. The van der Waals surface area contributed by atoms with Crippen LogP contribution in [0.3, 0.4) is 0 Å². The summed E-state index contributed by atoms with van der Waals surface area (Å²) in [6.45, 7) is 15.3. The standard InChI is InChI=1S/C31H42FN3O2.2C2H6/c1-3-25-22(19-36)16-29(25)35-20(2)15-27-26-7-4-5-8-28(26)33-30(27)31(35)21-9-11-23(12-10-21)37-24-17-34(18-24)14-6-13-32;2*1-2/h4-5,8-12,20,22,24-26,29,31,33,36H,3,6-7,13-19H2,1-2H3;2*1-2H3. The van der Waals surface area contributed by atoms with Crippen LogP contribution in [0.4, 0.5) is 4.39 Å². The zero-order valence-electron chi connectivity index (χ0n) is 26.3. The molecule has 6 heteroatoms. The van der Waals surface area contributed by atoms with Crippen molar-refractivity contribution >= 4 is 0 Å². The molecule has 6 rings (SSSR count). The molecule has 3 heterocycles. The van der Waals surface area contributed by atoms with Crippen LogP contribution < -0.4 is 10.1 Å². The molecule has 6 atom stereocenters. The SMILES string of the molecule is CC.CC.CCC1C(CO)CC1N1C(C)CC2=C(NC3=CC=CCC32)C1c1ccc(OC2CN(CCCF)C2)cc1. The van der Waals surface area contributed by atoms with Crippen molar-refractivity contribution in [3.05, 3.63) is 65.0 Å². The number of benzene rings is 1. The minimum Gasteiger partial charge on any atom is -0.488 e. The number of nitrogens with zero attached hydrogens (tertiary/aromatic N) is 2. The van der Waals surface area contributed by atoms with Crippen molar-refractivity contribution in [2.24, 2.45) is 17.8 Å². The Kier molecular flexibility index (Phi) is 11.5. The van der Waals surface area contributed by atoms with Gasteiger partial charge in [-0.05, 0) is 73.8 Å². The van der Waals surface area contributed by atoms with Gasteiger partial charge in [0.05, 0.1) is 12.7 Å². The van der Waals surface area contributed by atoms with Gasteiger partial charge in [-0.25, -0.2) is 0 Å². The third-order valence-corrected chi connectivity index (χ3v) is 9.56. The third-order valence-electron chi connectivity index (χ3n) is 9.56. The first kappa shape index (κ1) is 31.8. The van der Waals surface area contributed by atoms with Gasteiger partial charge in [0.2, 0.25) is 0 Å². The number of nitrogens with one attached hydrogen (secondary N) is 1. The van der Waals surface area contributed by atoms with Gasteiger partial charge in [0.1, 0.15) is 11.9 Å². The number of alkyl halides is 1. The van der Waals surface area contributed by atoms with E-state index in [0.717, 1.165) is 51.1 Å². The van der Waals surface area contributed by atoms with Gasteiger partial charge < -0.3 is 15.2 Å². The van der Waals surface area contributed by atoms with E-state index in [1.807, 2.05) is 27.7 Å². The Bertz CT molecular complexity index is 1060. The molecular weight excluding hydrogens is 513 g/mol. The van der Waals surface area contributed by atoms with E-state index in [1.165, 1.54) is 17.0 Å². The van der Waals surface area contributed by atoms with Crippen molar-refractivity contribution in [2.75, 3.05) is 32.9 Å². The number of halogens is 1. The number of aliphatic hydroxyl groups is 1. The molecule has 6 unspecified atom stereocenters. The molecule has 0 bridgehead atoms. The summed E-state index contributed by atoms with van der Waals surface area (Å²) in [5.41, 5.74) is 5.63. The predicted molar refractivity (Wildman–Crippen MR) is 167 cm³/mol. The Labute approximate surface area is 248 Å². The molecule has 1 aromatic carbocycles. The number of aliphatic hydroxyl groups excluding tert-OH is 1. The first-order valence-corrected chi connectivity index (χ1v) is 16.4. The maximum Gasteiger partial charge on any atom is 0.124 e. The summed E-state index contributed by atoms with van der Waals surface area (Å²) >= 11 is 0. The van der Waals surface area contributed by atoms with Crippen molar-refractivity contribution in [3.63, 3.8) is 0 Å². The van der Waals surface area contributed by atoms with E-state index >= 15 is 0 Å². The molecule has 1 saturated heterocycles. The van der Waals surface area contributed by atoms with Gasteiger partial charge in [-0.1, -0.05) is 65.3 Å². The van der Waals surface area contributed by atoms with Gasteiger partial charge in [-0.3, -0.25) is 14.2 Å². The summed E-state index contributed by atoms with van der Waals surface area (Å²) in [6, 6.07) is 9.93. The molecule has 1 aromatic rings. The van der Waals surface area contributed by atoms with E-state index < -0.39 is 0 Å². The Balaban J connectivity index is 0.000000929. The zero-order chi connectivity index (χ0) is 29.5. The Morgan fingerprint density at radius 2 is 1.83 bits per heavy atom. The van der Waals surface area contributed by atoms with Gasteiger partial charge in [-0.2, -0.15) is 0 Å². The summed E-state index contributed by atoms with van der Waals surface area (Å²) in [5, 5.41) is 13.8. The van der Waals surface area contributed by atoms with Crippen LogP contribution in [0.15, 0.2) is 59.5 Å². The van der Waals surface area contributed by atoms with Gasteiger partial charge in [0.15, 0.2) is 0 Å². The Morgan fingerprint density at radius 1 is 1.10 bits per heavy atom. The smallest absolute Gasteiger partial charge is 0.124 e. The summed E-state index contributed by atoms with van der Waals surface area (Å²) in [4.78, 5) is 5.02. The van der Waals surface area contributed by atoms with Crippen LogP contribution >= 0.6 is 0 Å². The van der Waals surface area contributed by atoms with E-state index in [1.54, 1.807) is 5.57 Å². The lowest BCUT2D eigenvalue weighted by Crippen LogP contribution is -2.59. The summed E-state index contributed by atoms with van der Waals surface area (Å²) in [5.74, 6) is 2.37. The lowest BCUT2D eigenvalue weighted by Gasteiger charge is -2.56. The van der Waals surface area contributed by atoms with Crippen LogP contribution in [0.5, 0.6) is 5.75 Å². The van der Waals surface area contributed by atoms with Gasteiger partial charge in [0.25, 0.3) is 0 Å². The number of allylic oxidation sites excluding steroid dienone is 4. The average molecular weight is 568 g/mol. The van der Waals surface area contributed by atoms with E-state index in [4.69, 9.17) is 4.74 Å². The predicted octanol–water partition coefficient (Wildman–Crippen LogP) is 7.02. The lowest BCUT2D eigenvalue weighted by molar-refractivity contribution is -0.0609. The molecular formula is C35H54FN3O2. The molecule has 41 heavy (non-hydrogen) atoms. The quantitative estimate of drug-likeness (QED) is 0.336. The number of rotatable bonds is 9. The van der Waals surface area contributed by atoms with Crippen LogP contribution in [0.25, 0.3) is 0 Å². The van der Waals surface area contributed by atoms with Crippen molar-refractivity contribution < 1.29 is 14.2 Å². The number of fused-ring (bicyclic) bond motifs is 2. The number of hydrogen-bond donors (Lipinski definition) is 2. The van der Waals surface area contributed by atoms with E-state index in [-0.39, 0.29) is 18.8 Å². The number of ether oxygens (including phenoxy) is 1. The second kappa shape index (κ2) is 14.8. The number of likely N-dealkylation sites (tertiary alicyclic amines) is 1. The molecule has 5 nitrogen and oxygen atoms in total. The van der Waals surface area contributed by atoms with E-state index in [9.17, 15) is 9.50 Å². The molecule has 0 radical (unpaired) electrons. The van der Waals surface area contributed by atoms with E-state index in [2.05, 4.69) is 71.5 Å². The van der Waals surface area contributed by atoms with Crippen LogP contribution in [0.1, 0.15) is 85.3 Å². The summed E-state index contributed by atoms with van der Waals surface area (Å²) < 4.78 is 18.7. The molecule has 3 aliphatic heterocycles. The van der Waals surface area contributed by atoms with Gasteiger partial charge in [0, 0.05) is 55.6 Å². The average Bonchev–Trinajstić information content (AvgIpc) is 3.35. The molecule has 5 aliphatic rings. The highest BCUT2D eigenvalue weighted by Gasteiger charge is 2.50. The largest absolute Gasteiger partial charge is 0.488 e. The van der Waals surface area contributed by atoms with E-state index in [0.29, 0.717) is 42.9 Å². The monoisotopic (exact) mass is 567 g/mol. The molecule has 0 amide bonds. The minimum atomic E-state index is -0.248. The van der Waals surface area contributed by atoms with Crippen molar-refractivity contribution in [3.8, 4) is 5.75 Å². The second-order valence-corrected chi connectivity index (χ2v) is 11.7. The fraction of sp³-hybridized carbons (Fsp3) is 0.657. The van der Waals surface area contributed by atoms with Crippen LogP contribution in [0, 0.1) is 17.8 Å². The molecule has 228 valence electrons. The molecule has 0 spiro atoms. The number of hydrogen-bond acceptors (Lipinski definition) is 5. The molecule has 1 saturated carbocycles. The molecule has 2 aliphatic carbocycles. The topological polar surface area (TPSA) is 48.0 Å². The molecule has 2 fully saturated rings. The van der Waals surface area contributed by atoms with Crippen LogP contribution in [0.2, 0.25) is 0 Å². The maximum absolute atomic E-state index is 12.4. The van der Waals surface area contributed by atoms with Crippen LogP contribution in [-0.2, 0) is 0 Å². The Hall–Kier alpha value is -2.15. The fourth-order valence-corrected chi connectivity index (χ4v) is 7.61. The molecule has 2 N–H and O–H groups in total. The van der Waals surface area contributed by atoms with Crippen molar-refractivity contribution in [2.45, 2.75) is 97.9 Å². The first-order valence-electron chi connectivity index (χ1n) is 16.4. The van der Waals surface area contributed by atoms with Gasteiger partial charge in [-0.15, -0.1) is 0 Å². The third kappa shape index (κ3) is 6.45. The normalized spacial score (nSPS) is 30.8. The Morgan fingerprint density at radius 3 is 2.49 bits per heavy atom. The highest BCUT2D eigenvalue weighted by atomic mass is 19.1. The van der Waals surface area contributed by atoms with Crippen molar-refractivity contribution in [1.82, 2.24) is 15.1 Å². The first-order chi connectivity index (χ1) is 20.1. The second-order valence-electron chi connectivity index (χ2n) is 11.7. The summed E-state index contributed by atoms with van der Waals surface area (Å²) in [6.07, 6.45) is 11.9. The van der Waals surface area contributed by atoms with Gasteiger partial charge >= 0.3 is 0 Å².